The first-order valence-electron chi connectivity index (χ1n) is 7.00. The molecule has 2 aliphatic rings. The Morgan fingerprint density at radius 2 is 1.33 bits per heavy atom. The van der Waals surface area contributed by atoms with Crippen LogP contribution in [0, 0.1) is 11.8 Å². The first-order chi connectivity index (χ1) is 7.24. The molecule has 0 radical (unpaired) electrons. The zero-order valence-electron chi connectivity index (χ0n) is 10.5. The molecule has 2 atom stereocenters. The van der Waals surface area contributed by atoms with Gasteiger partial charge in [-0.05, 0) is 43.9 Å². The van der Waals surface area contributed by atoms with Crippen LogP contribution in [0.4, 0.5) is 0 Å². The van der Waals surface area contributed by atoms with Gasteiger partial charge in [0.2, 0.25) is 0 Å². The van der Waals surface area contributed by atoms with Crippen LogP contribution in [0.25, 0.3) is 0 Å². The minimum atomic E-state index is 0.826. The Morgan fingerprint density at radius 1 is 0.733 bits per heavy atom. The van der Waals surface area contributed by atoms with Crippen molar-refractivity contribution in [3.8, 4) is 0 Å². The number of hydrogen-bond donors (Lipinski definition) is 1. The molecule has 0 aromatic carbocycles. The molecule has 0 aromatic rings. The molecule has 0 aromatic heterocycles. The highest BCUT2D eigenvalue weighted by atomic mass is 15.0. The van der Waals surface area contributed by atoms with Gasteiger partial charge in [-0.2, -0.15) is 0 Å². The monoisotopic (exact) mass is 209 g/mol. The maximum Gasteiger partial charge on any atom is 0.00747 e. The van der Waals surface area contributed by atoms with Gasteiger partial charge in [-0.25, -0.2) is 0 Å². The maximum absolute atomic E-state index is 3.92. The first-order valence-corrected chi connectivity index (χ1v) is 7.00. The van der Waals surface area contributed by atoms with Crippen molar-refractivity contribution in [2.75, 3.05) is 0 Å². The average molecular weight is 209 g/mol. The molecule has 0 bridgehead atoms. The van der Waals surface area contributed by atoms with Crippen LogP contribution >= 0.6 is 0 Å². The molecule has 1 N–H and O–H groups in total. The fourth-order valence-electron chi connectivity index (χ4n) is 3.69. The summed E-state index contributed by atoms with van der Waals surface area (Å²) in [6.45, 7) is 4.84. The van der Waals surface area contributed by atoms with Gasteiger partial charge in [0.1, 0.15) is 0 Å². The molecule has 1 nitrogen and oxygen atoms in total. The minimum Gasteiger partial charge on any atom is -0.311 e. The van der Waals surface area contributed by atoms with Crippen molar-refractivity contribution in [1.29, 1.82) is 0 Å². The highest BCUT2D eigenvalue weighted by Crippen LogP contribution is 2.29. The molecule has 2 fully saturated rings. The molecular weight excluding hydrogens is 182 g/mol. The molecular formula is C14H27N. The Labute approximate surface area is 95.0 Å². The van der Waals surface area contributed by atoms with Crippen LogP contribution in [0.15, 0.2) is 0 Å². The molecule has 2 rings (SSSR count). The third kappa shape index (κ3) is 3.48. The van der Waals surface area contributed by atoms with Crippen LogP contribution < -0.4 is 5.32 Å². The summed E-state index contributed by atoms with van der Waals surface area (Å²) in [4.78, 5) is 0. The summed E-state index contributed by atoms with van der Waals surface area (Å²) < 4.78 is 0. The molecule has 15 heavy (non-hydrogen) atoms. The van der Waals surface area contributed by atoms with E-state index < -0.39 is 0 Å². The van der Waals surface area contributed by atoms with Crippen molar-refractivity contribution >= 4 is 0 Å². The third-order valence-corrected chi connectivity index (χ3v) is 4.26. The van der Waals surface area contributed by atoms with E-state index in [1.54, 1.807) is 0 Å². The summed E-state index contributed by atoms with van der Waals surface area (Å²) in [7, 11) is 0. The molecule has 0 aliphatic heterocycles. The predicted molar refractivity (Wildman–Crippen MR) is 66.0 cm³/mol. The topological polar surface area (TPSA) is 12.0 Å². The average Bonchev–Trinajstić information content (AvgIpc) is 2.17. The predicted octanol–water partition coefficient (Wildman–Crippen LogP) is 3.73. The lowest BCUT2D eigenvalue weighted by Crippen LogP contribution is -2.43. The van der Waals surface area contributed by atoms with Gasteiger partial charge in [0, 0.05) is 12.1 Å². The molecule has 2 aliphatic carbocycles. The number of nitrogens with one attached hydrogen (secondary N) is 1. The second-order valence-corrected chi connectivity index (χ2v) is 6.12. The fraction of sp³-hybridized carbons (Fsp3) is 1.00. The van der Waals surface area contributed by atoms with Crippen molar-refractivity contribution in [1.82, 2.24) is 5.32 Å². The van der Waals surface area contributed by atoms with Crippen molar-refractivity contribution in [3.05, 3.63) is 0 Å². The van der Waals surface area contributed by atoms with E-state index in [1.807, 2.05) is 0 Å². The van der Waals surface area contributed by atoms with Gasteiger partial charge in [0.15, 0.2) is 0 Å². The molecule has 1 heteroatoms. The van der Waals surface area contributed by atoms with Crippen LogP contribution in [-0.2, 0) is 0 Å². The molecule has 0 spiro atoms. The van der Waals surface area contributed by atoms with Gasteiger partial charge in [0.25, 0.3) is 0 Å². The SMILES string of the molecule is CC1CC(C)CC(NC2CCCCC2)C1. The summed E-state index contributed by atoms with van der Waals surface area (Å²) in [5.41, 5.74) is 0. The maximum atomic E-state index is 3.92. The highest BCUT2D eigenvalue weighted by Gasteiger charge is 2.25. The Bertz CT molecular complexity index is 174. The molecule has 88 valence electrons. The summed E-state index contributed by atoms with van der Waals surface area (Å²) in [6, 6.07) is 1.67. The van der Waals surface area contributed by atoms with Crippen LogP contribution in [0.5, 0.6) is 0 Å². The van der Waals surface area contributed by atoms with E-state index in [1.165, 1.54) is 51.4 Å². The second-order valence-electron chi connectivity index (χ2n) is 6.12. The van der Waals surface area contributed by atoms with E-state index in [-0.39, 0.29) is 0 Å². The normalized spacial score (nSPS) is 39.2. The van der Waals surface area contributed by atoms with E-state index >= 15 is 0 Å². The van der Waals surface area contributed by atoms with Crippen LogP contribution in [0.3, 0.4) is 0 Å². The Balaban J connectivity index is 1.77. The largest absolute Gasteiger partial charge is 0.311 e. The highest BCUT2D eigenvalue weighted by molar-refractivity contribution is 4.83. The summed E-state index contributed by atoms with van der Waals surface area (Å²) in [5.74, 6) is 1.88. The van der Waals surface area contributed by atoms with E-state index in [9.17, 15) is 0 Å². The van der Waals surface area contributed by atoms with Crippen LogP contribution in [-0.4, -0.2) is 12.1 Å². The lowest BCUT2D eigenvalue weighted by atomic mass is 9.80. The molecule has 2 unspecified atom stereocenters. The third-order valence-electron chi connectivity index (χ3n) is 4.26. The Kier molecular flexibility index (Phi) is 4.07. The molecule has 0 heterocycles. The number of hydrogen-bond acceptors (Lipinski definition) is 1. The van der Waals surface area contributed by atoms with Gasteiger partial charge in [-0.1, -0.05) is 33.1 Å². The van der Waals surface area contributed by atoms with Crippen molar-refractivity contribution in [3.63, 3.8) is 0 Å². The summed E-state index contributed by atoms with van der Waals surface area (Å²) in [5, 5.41) is 3.92. The van der Waals surface area contributed by atoms with Crippen LogP contribution in [0.1, 0.15) is 65.2 Å². The summed E-state index contributed by atoms with van der Waals surface area (Å²) >= 11 is 0. The summed E-state index contributed by atoms with van der Waals surface area (Å²) in [6.07, 6.45) is 11.5. The lowest BCUT2D eigenvalue weighted by molar-refractivity contribution is 0.211. The zero-order valence-corrected chi connectivity index (χ0v) is 10.5. The van der Waals surface area contributed by atoms with Gasteiger partial charge in [-0.3, -0.25) is 0 Å². The molecule has 2 saturated carbocycles. The van der Waals surface area contributed by atoms with Gasteiger partial charge >= 0.3 is 0 Å². The zero-order chi connectivity index (χ0) is 10.7. The Hall–Kier alpha value is -0.0400. The molecule has 0 saturated heterocycles. The van der Waals surface area contributed by atoms with Crippen LogP contribution in [0.2, 0.25) is 0 Å². The molecule has 0 amide bonds. The lowest BCUT2D eigenvalue weighted by Gasteiger charge is -2.35. The van der Waals surface area contributed by atoms with Gasteiger partial charge < -0.3 is 5.32 Å². The van der Waals surface area contributed by atoms with Gasteiger partial charge in [0.05, 0.1) is 0 Å². The Morgan fingerprint density at radius 3 is 1.93 bits per heavy atom. The number of rotatable bonds is 2. The van der Waals surface area contributed by atoms with E-state index in [0.717, 1.165) is 23.9 Å². The first kappa shape index (κ1) is 11.4. The standard InChI is InChI=1S/C14H27N/c1-11-8-12(2)10-14(9-11)15-13-6-4-3-5-7-13/h11-15H,3-10H2,1-2H3. The van der Waals surface area contributed by atoms with Gasteiger partial charge in [-0.15, -0.1) is 0 Å². The van der Waals surface area contributed by atoms with Crippen molar-refractivity contribution < 1.29 is 0 Å². The minimum absolute atomic E-state index is 0.826. The quantitative estimate of drug-likeness (QED) is 0.730. The van der Waals surface area contributed by atoms with Crippen molar-refractivity contribution in [2.24, 2.45) is 11.8 Å². The smallest absolute Gasteiger partial charge is 0.00747 e. The van der Waals surface area contributed by atoms with E-state index in [0.29, 0.717) is 0 Å². The van der Waals surface area contributed by atoms with Crippen molar-refractivity contribution in [2.45, 2.75) is 77.3 Å². The van der Waals surface area contributed by atoms with E-state index in [2.05, 4.69) is 19.2 Å². The second kappa shape index (κ2) is 5.34. The fourth-order valence-corrected chi connectivity index (χ4v) is 3.69. The van der Waals surface area contributed by atoms with E-state index in [4.69, 9.17) is 0 Å².